The molecule has 34 heavy (non-hydrogen) atoms. The van der Waals surface area contributed by atoms with E-state index in [9.17, 15) is 9.50 Å². The highest BCUT2D eigenvalue weighted by molar-refractivity contribution is 5.88. The Bertz CT molecular complexity index is 1430. The summed E-state index contributed by atoms with van der Waals surface area (Å²) in [5.74, 6) is 0.811. The minimum atomic E-state index is -0.356. The number of ether oxygens (including phenoxy) is 2. The number of fused-ring (bicyclic) bond motifs is 2. The van der Waals surface area contributed by atoms with Crippen molar-refractivity contribution >= 4 is 22.2 Å². The summed E-state index contributed by atoms with van der Waals surface area (Å²) < 4.78 is 31.1. The van der Waals surface area contributed by atoms with Crippen molar-refractivity contribution in [3.8, 4) is 28.4 Å². The molecular weight excluding hydrogens is 433 g/mol. The van der Waals surface area contributed by atoms with Crippen molar-refractivity contribution in [2.75, 3.05) is 12.4 Å². The summed E-state index contributed by atoms with van der Waals surface area (Å²) >= 11 is 0. The molecule has 1 aromatic heterocycles. The lowest BCUT2D eigenvalue weighted by molar-refractivity contribution is 0.306. The molecule has 6 heteroatoms. The number of furan rings is 1. The fourth-order valence-corrected chi connectivity index (χ4v) is 4.73. The van der Waals surface area contributed by atoms with E-state index in [1.165, 1.54) is 25.5 Å². The van der Waals surface area contributed by atoms with E-state index in [4.69, 9.17) is 13.9 Å². The van der Waals surface area contributed by atoms with Crippen molar-refractivity contribution in [3.05, 3.63) is 77.8 Å². The van der Waals surface area contributed by atoms with Gasteiger partial charge in [-0.15, -0.1) is 0 Å². The molecule has 0 radical (unpaired) electrons. The SMILES string of the molecule is COc1cc(F)ccc1-c1ccc2c(c1COc1ccc3c(O)coc3c1)C(C)=CC(C)(C)N2. The van der Waals surface area contributed by atoms with Gasteiger partial charge in [-0.2, -0.15) is 0 Å². The average molecular weight is 460 g/mol. The van der Waals surface area contributed by atoms with Gasteiger partial charge in [-0.05, 0) is 62.2 Å². The van der Waals surface area contributed by atoms with Crippen LogP contribution in [0.3, 0.4) is 0 Å². The van der Waals surface area contributed by atoms with Gasteiger partial charge >= 0.3 is 0 Å². The molecule has 0 bridgehead atoms. The van der Waals surface area contributed by atoms with E-state index >= 15 is 0 Å². The Balaban J connectivity index is 1.62. The van der Waals surface area contributed by atoms with Gasteiger partial charge < -0.3 is 24.3 Å². The normalized spacial score (nSPS) is 14.3. The van der Waals surface area contributed by atoms with Crippen molar-refractivity contribution in [3.63, 3.8) is 0 Å². The van der Waals surface area contributed by atoms with Crippen LogP contribution in [0.15, 0.2) is 65.3 Å². The summed E-state index contributed by atoms with van der Waals surface area (Å²) in [5, 5.41) is 14.1. The third kappa shape index (κ3) is 3.85. The quantitative estimate of drug-likeness (QED) is 0.332. The van der Waals surface area contributed by atoms with E-state index < -0.39 is 0 Å². The van der Waals surface area contributed by atoms with Crippen molar-refractivity contribution in [1.29, 1.82) is 0 Å². The minimum absolute atomic E-state index is 0.0961. The van der Waals surface area contributed by atoms with Crippen molar-refractivity contribution in [1.82, 2.24) is 0 Å². The van der Waals surface area contributed by atoms with Crippen molar-refractivity contribution in [2.45, 2.75) is 32.9 Å². The van der Waals surface area contributed by atoms with Gasteiger partial charge in [-0.3, -0.25) is 0 Å². The van der Waals surface area contributed by atoms with Crippen LogP contribution in [-0.4, -0.2) is 17.8 Å². The lowest BCUT2D eigenvalue weighted by Crippen LogP contribution is -2.32. The molecule has 1 aliphatic rings. The Morgan fingerprint density at radius 1 is 1.06 bits per heavy atom. The maximum atomic E-state index is 13.9. The number of rotatable bonds is 5. The van der Waals surface area contributed by atoms with E-state index in [2.05, 4.69) is 32.2 Å². The number of anilines is 1. The minimum Gasteiger partial charge on any atom is -0.504 e. The van der Waals surface area contributed by atoms with Crippen molar-refractivity contribution < 1.29 is 23.4 Å². The number of benzene rings is 3. The lowest BCUT2D eigenvalue weighted by Gasteiger charge is -2.33. The van der Waals surface area contributed by atoms with Crippen LogP contribution < -0.4 is 14.8 Å². The number of allylic oxidation sites excluding steroid dienone is 1. The third-order valence-electron chi connectivity index (χ3n) is 6.10. The molecule has 0 saturated heterocycles. The molecule has 5 rings (SSSR count). The molecule has 0 saturated carbocycles. The second kappa shape index (κ2) is 8.13. The average Bonchev–Trinajstić information content (AvgIpc) is 3.16. The Morgan fingerprint density at radius 3 is 2.65 bits per heavy atom. The molecule has 5 nitrogen and oxygen atoms in total. The van der Waals surface area contributed by atoms with E-state index in [0.717, 1.165) is 33.5 Å². The van der Waals surface area contributed by atoms with Crippen LogP contribution in [0.2, 0.25) is 0 Å². The predicted molar refractivity (Wildman–Crippen MR) is 132 cm³/mol. The van der Waals surface area contributed by atoms with Gasteiger partial charge in [0.1, 0.15) is 35.8 Å². The molecule has 0 spiro atoms. The van der Waals surface area contributed by atoms with Gasteiger partial charge in [-0.1, -0.05) is 12.1 Å². The van der Waals surface area contributed by atoms with Crippen LogP contribution in [0.4, 0.5) is 10.1 Å². The van der Waals surface area contributed by atoms with Crippen LogP contribution >= 0.6 is 0 Å². The maximum Gasteiger partial charge on any atom is 0.161 e. The zero-order valence-electron chi connectivity index (χ0n) is 19.5. The standard InChI is InChI=1S/C28H26FNO4/c1-16-13-28(2,3)30-23-10-9-19(20-7-5-17(29)11-25(20)32-4)22(27(16)23)14-33-18-6-8-21-24(31)15-34-26(21)12-18/h5-13,15,30-31H,14H2,1-4H3. The molecule has 0 atom stereocenters. The Hall–Kier alpha value is -3.93. The number of hydrogen-bond donors (Lipinski definition) is 2. The maximum absolute atomic E-state index is 13.9. The van der Waals surface area contributed by atoms with E-state index in [1.807, 2.05) is 12.1 Å². The molecular formula is C28H26FNO4. The van der Waals surface area contributed by atoms with Gasteiger partial charge in [0.05, 0.1) is 18.0 Å². The highest BCUT2D eigenvalue weighted by Gasteiger charge is 2.27. The van der Waals surface area contributed by atoms with Crippen LogP contribution in [0.5, 0.6) is 17.2 Å². The fourth-order valence-electron chi connectivity index (χ4n) is 4.73. The fraction of sp³-hybridized carbons (Fsp3) is 0.214. The topological polar surface area (TPSA) is 63.9 Å². The van der Waals surface area contributed by atoms with Gasteiger partial charge in [0, 0.05) is 34.5 Å². The highest BCUT2D eigenvalue weighted by atomic mass is 19.1. The number of aromatic hydroxyl groups is 1. The smallest absolute Gasteiger partial charge is 0.161 e. The molecule has 174 valence electrons. The predicted octanol–water partition coefficient (Wildman–Crippen LogP) is 7.14. The summed E-state index contributed by atoms with van der Waals surface area (Å²) in [7, 11) is 1.54. The number of hydrogen-bond acceptors (Lipinski definition) is 5. The third-order valence-corrected chi connectivity index (χ3v) is 6.10. The largest absolute Gasteiger partial charge is 0.504 e. The summed E-state index contributed by atoms with van der Waals surface area (Å²) in [4.78, 5) is 0. The Morgan fingerprint density at radius 2 is 1.85 bits per heavy atom. The molecule has 0 amide bonds. The molecule has 2 N–H and O–H groups in total. The van der Waals surface area contributed by atoms with Crippen molar-refractivity contribution in [2.24, 2.45) is 0 Å². The lowest BCUT2D eigenvalue weighted by atomic mass is 9.85. The highest BCUT2D eigenvalue weighted by Crippen LogP contribution is 2.43. The van der Waals surface area contributed by atoms with Crippen LogP contribution in [-0.2, 0) is 6.61 Å². The van der Waals surface area contributed by atoms with Gasteiger partial charge in [0.15, 0.2) is 5.75 Å². The molecule has 0 aliphatic carbocycles. The van der Waals surface area contributed by atoms with Crippen LogP contribution in [0.25, 0.3) is 27.7 Å². The zero-order chi connectivity index (χ0) is 24.0. The monoisotopic (exact) mass is 459 g/mol. The molecule has 0 unspecified atom stereocenters. The van der Waals surface area contributed by atoms with Gasteiger partial charge in [0.25, 0.3) is 0 Å². The summed E-state index contributed by atoms with van der Waals surface area (Å²) in [6.45, 7) is 6.61. The second-order valence-electron chi connectivity index (χ2n) is 9.10. The molecule has 2 heterocycles. The Kier molecular flexibility index (Phi) is 5.24. The number of nitrogens with one attached hydrogen (secondary N) is 1. The van der Waals surface area contributed by atoms with Crippen LogP contribution in [0.1, 0.15) is 31.9 Å². The Labute approximate surface area is 197 Å². The van der Waals surface area contributed by atoms with Gasteiger partial charge in [0.2, 0.25) is 0 Å². The summed E-state index contributed by atoms with van der Waals surface area (Å²) in [6.07, 6.45) is 3.50. The second-order valence-corrected chi connectivity index (χ2v) is 9.10. The van der Waals surface area contributed by atoms with E-state index in [0.29, 0.717) is 22.5 Å². The molecule has 3 aromatic carbocycles. The first kappa shape index (κ1) is 21.9. The van der Waals surface area contributed by atoms with E-state index in [1.54, 1.807) is 24.3 Å². The van der Waals surface area contributed by atoms with Gasteiger partial charge in [-0.25, -0.2) is 4.39 Å². The number of methoxy groups -OCH3 is 1. The van der Waals surface area contributed by atoms with Crippen LogP contribution in [0, 0.1) is 5.82 Å². The van der Waals surface area contributed by atoms with E-state index in [-0.39, 0.29) is 23.7 Å². The summed E-state index contributed by atoms with van der Waals surface area (Å²) in [5.41, 5.74) is 6.21. The molecule has 4 aromatic rings. The molecule has 0 fully saturated rings. The first-order chi connectivity index (χ1) is 16.3. The zero-order valence-corrected chi connectivity index (χ0v) is 19.5. The first-order valence-electron chi connectivity index (χ1n) is 11.1. The first-order valence-corrected chi connectivity index (χ1v) is 11.1. The molecule has 1 aliphatic heterocycles. The summed E-state index contributed by atoms with van der Waals surface area (Å²) in [6, 6.07) is 13.9. The number of halogens is 1.